The third kappa shape index (κ3) is 4.01. The van der Waals surface area contributed by atoms with Gasteiger partial charge in [0.1, 0.15) is 5.82 Å². The van der Waals surface area contributed by atoms with Crippen LogP contribution in [0.2, 0.25) is 0 Å². The molecule has 2 aromatic heterocycles. The lowest BCUT2D eigenvalue weighted by molar-refractivity contribution is 0.0937. The van der Waals surface area contributed by atoms with Crippen molar-refractivity contribution < 1.29 is 23.1 Å². The smallest absolute Gasteiger partial charge is 0.262 e. The molecule has 0 N–H and O–H groups in total. The van der Waals surface area contributed by atoms with Gasteiger partial charge in [-0.05, 0) is 31.0 Å². The predicted octanol–water partition coefficient (Wildman–Crippen LogP) is 3.79. The Balaban J connectivity index is 1.32. The molecule has 2 aliphatic heterocycles. The second-order valence-corrected chi connectivity index (χ2v) is 8.92. The summed E-state index contributed by atoms with van der Waals surface area (Å²) in [7, 11) is 0. The molecule has 2 aromatic carbocycles. The lowest BCUT2D eigenvalue weighted by Gasteiger charge is -2.16. The zero-order chi connectivity index (χ0) is 23.1. The predicted molar refractivity (Wildman–Crippen MR) is 120 cm³/mol. The van der Waals surface area contributed by atoms with E-state index in [1.165, 1.54) is 23.9 Å². The van der Waals surface area contributed by atoms with Crippen LogP contribution in [0.1, 0.15) is 18.7 Å². The third-order valence-electron chi connectivity index (χ3n) is 5.70. The molecule has 9 nitrogen and oxygen atoms in total. The van der Waals surface area contributed by atoms with Crippen molar-refractivity contribution in [2.45, 2.75) is 36.4 Å². The van der Waals surface area contributed by atoms with E-state index in [2.05, 4.69) is 10.1 Å². The fourth-order valence-corrected chi connectivity index (χ4v) is 4.88. The molecule has 11 heteroatoms. The fraction of sp³-hybridized carbons (Fsp3) is 0.304. The molecule has 1 fully saturated rings. The van der Waals surface area contributed by atoms with E-state index < -0.39 is 0 Å². The highest BCUT2D eigenvalue weighted by molar-refractivity contribution is 7.98. The Labute approximate surface area is 196 Å². The number of benzene rings is 2. The molecule has 0 saturated carbocycles. The first-order valence-electron chi connectivity index (χ1n) is 10.8. The zero-order valence-electron chi connectivity index (χ0n) is 17.9. The van der Waals surface area contributed by atoms with Crippen molar-refractivity contribution in [2.24, 2.45) is 0 Å². The van der Waals surface area contributed by atoms with Crippen molar-refractivity contribution in [1.29, 1.82) is 0 Å². The third-order valence-corrected chi connectivity index (χ3v) is 6.66. The summed E-state index contributed by atoms with van der Waals surface area (Å²) >= 11 is 1.31. The average Bonchev–Trinajstić information content (AvgIpc) is 3.61. The lowest BCUT2D eigenvalue weighted by atomic mass is 10.2. The molecule has 0 bridgehead atoms. The minimum atomic E-state index is -0.377. The second-order valence-electron chi connectivity index (χ2n) is 7.98. The number of nitrogens with zero attached hydrogens (tertiary/aromatic N) is 4. The summed E-state index contributed by atoms with van der Waals surface area (Å²) in [6.07, 6.45) is 1.80. The maximum Gasteiger partial charge on any atom is 0.262 e. The van der Waals surface area contributed by atoms with Crippen LogP contribution in [-0.2, 0) is 17.0 Å². The fourth-order valence-electron chi connectivity index (χ4n) is 4.04. The summed E-state index contributed by atoms with van der Waals surface area (Å²) in [6.45, 7) is 1.20. The van der Waals surface area contributed by atoms with Gasteiger partial charge in [0.15, 0.2) is 16.7 Å². The summed E-state index contributed by atoms with van der Waals surface area (Å²) in [5, 5.41) is 4.91. The van der Waals surface area contributed by atoms with Crippen LogP contribution >= 0.6 is 11.8 Å². The molecule has 0 unspecified atom stereocenters. The van der Waals surface area contributed by atoms with Crippen molar-refractivity contribution in [1.82, 2.24) is 19.7 Å². The average molecular weight is 482 g/mol. The second kappa shape index (κ2) is 8.73. The SMILES string of the molecule is O=c1c2cc3c(cc2nc(SCc2nc(-c4cccc(F)c4)no2)n1C[C@@H]1CCCO1)OCO3. The summed E-state index contributed by atoms with van der Waals surface area (Å²) in [6, 6.07) is 9.38. The van der Waals surface area contributed by atoms with Crippen LogP contribution in [0.3, 0.4) is 0 Å². The molecule has 0 radical (unpaired) electrons. The van der Waals surface area contributed by atoms with E-state index in [1.54, 1.807) is 28.8 Å². The van der Waals surface area contributed by atoms with Crippen molar-refractivity contribution in [3.63, 3.8) is 0 Å². The summed E-state index contributed by atoms with van der Waals surface area (Å²) in [5.41, 5.74) is 0.869. The van der Waals surface area contributed by atoms with Gasteiger partial charge in [-0.1, -0.05) is 29.1 Å². The first kappa shape index (κ1) is 21.1. The van der Waals surface area contributed by atoms with Crippen LogP contribution in [0.15, 0.2) is 50.9 Å². The van der Waals surface area contributed by atoms with Crippen molar-refractivity contribution >= 4 is 22.7 Å². The first-order valence-corrected chi connectivity index (χ1v) is 11.8. The van der Waals surface area contributed by atoms with E-state index in [9.17, 15) is 9.18 Å². The largest absolute Gasteiger partial charge is 0.454 e. The Morgan fingerprint density at radius 3 is 2.85 bits per heavy atom. The van der Waals surface area contributed by atoms with Crippen molar-refractivity contribution in [3.05, 3.63) is 58.5 Å². The molecule has 0 aliphatic carbocycles. The molecule has 6 rings (SSSR count). The van der Waals surface area contributed by atoms with E-state index in [1.807, 2.05) is 0 Å². The molecule has 4 aromatic rings. The first-order chi connectivity index (χ1) is 16.6. The van der Waals surface area contributed by atoms with Crippen LogP contribution in [-0.4, -0.2) is 39.2 Å². The Bertz CT molecular complexity index is 1430. The van der Waals surface area contributed by atoms with E-state index in [0.29, 0.717) is 58.0 Å². The maximum atomic E-state index is 13.5. The van der Waals surface area contributed by atoms with E-state index in [-0.39, 0.29) is 30.0 Å². The van der Waals surface area contributed by atoms with Gasteiger partial charge in [-0.25, -0.2) is 9.37 Å². The molecular formula is C23H19FN4O5S. The van der Waals surface area contributed by atoms with Gasteiger partial charge in [0.05, 0.1) is 29.3 Å². The van der Waals surface area contributed by atoms with E-state index in [0.717, 1.165) is 12.8 Å². The molecule has 174 valence electrons. The van der Waals surface area contributed by atoms with Gasteiger partial charge in [-0.3, -0.25) is 9.36 Å². The van der Waals surface area contributed by atoms with Gasteiger partial charge in [-0.2, -0.15) is 4.98 Å². The summed E-state index contributed by atoms with van der Waals surface area (Å²) in [4.78, 5) is 22.5. The maximum absolute atomic E-state index is 13.5. The Kier molecular flexibility index (Phi) is 5.42. The minimum Gasteiger partial charge on any atom is -0.454 e. The van der Waals surface area contributed by atoms with Crippen LogP contribution in [0.5, 0.6) is 11.5 Å². The molecule has 0 amide bonds. The normalized spacial score (nSPS) is 17.0. The number of hydrogen-bond donors (Lipinski definition) is 0. The highest BCUT2D eigenvalue weighted by atomic mass is 32.2. The molecule has 4 heterocycles. The highest BCUT2D eigenvalue weighted by Crippen LogP contribution is 2.35. The quantitative estimate of drug-likeness (QED) is 0.300. The van der Waals surface area contributed by atoms with Crippen LogP contribution in [0.25, 0.3) is 22.3 Å². The topological polar surface area (TPSA) is 102 Å². The van der Waals surface area contributed by atoms with Crippen LogP contribution < -0.4 is 15.0 Å². The Hall–Kier alpha value is -3.44. The van der Waals surface area contributed by atoms with Gasteiger partial charge in [0.25, 0.3) is 5.56 Å². The number of halogens is 1. The van der Waals surface area contributed by atoms with E-state index >= 15 is 0 Å². The van der Waals surface area contributed by atoms with Gasteiger partial charge in [-0.15, -0.1) is 0 Å². The number of hydrogen-bond acceptors (Lipinski definition) is 9. The number of rotatable bonds is 6. The lowest BCUT2D eigenvalue weighted by Crippen LogP contribution is -2.28. The van der Waals surface area contributed by atoms with Crippen LogP contribution in [0, 0.1) is 5.82 Å². The van der Waals surface area contributed by atoms with Crippen molar-refractivity contribution in [2.75, 3.05) is 13.4 Å². The highest BCUT2D eigenvalue weighted by Gasteiger charge is 2.23. The standard InChI is InChI=1S/C23H19FN4O5S/c24-14-4-1-3-13(7-14)21-26-20(33-27-21)11-34-23-25-17-9-19-18(31-12-32-19)8-16(17)22(29)28(23)10-15-5-2-6-30-15/h1,3-4,7-9,15H,2,5-6,10-12H2/t15-/m0/s1. The van der Waals surface area contributed by atoms with Gasteiger partial charge < -0.3 is 18.7 Å². The van der Waals surface area contributed by atoms with Crippen molar-refractivity contribution in [3.8, 4) is 22.9 Å². The summed E-state index contributed by atoms with van der Waals surface area (Å²) < 4.78 is 37.2. The number of fused-ring (bicyclic) bond motifs is 2. The molecule has 1 atom stereocenters. The van der Waals surface area contributed by atoms with Gasteiger partial charge in [0, 0.05) is 18.2 Å². The molecule has 34 heavy (non-hydrogen) atoms. The van der Waals surface area contributed by atoms with Crippen LogP contribution in [0.4, 0.5) is 4.39 Å². The molecule has 2 aliphatic rings. The van der Waals surface area contributed by atoms with Gasteiger partial charge >= 0.3 is 0 Å². The number of ether oxygens (including phenoxy) is 3. The minimum absolute atomic E-state index is 0.0479. The monoisotopic (exact) mass is 482 g/mol. The molecular weight excluding hydrogens is 463 g/mol. The van der Waals surface area contributed by atoms with Gasteiger partial charge in [0.2, 0.25) is 18.5 Å². The number of thioether (sulfide) groups is 1. The molecule has 0 spiro atoms. The Morgan fingerprint density at radius 1 is 1.15 bits per heavy atom. The Morgan fingerprint density at radius 2 is 2.03 bits per heavy atom. The number of aromatic nitrogens is 4. The van der Waals surface area contributed by atoms with E-state index in [4.69, 9.17) is 23.7 Å². The zero-order valence-corrected chi connectivity index (χ0v) is 18.7. The summed E-state index contributed by atoms with van der Waals surface area (Å²) in [5.74, 6) is 1.64. The molecule has 1 saturated heterocycles.